The second-order valence-corrected chi connectivity index (χ2v) is 10.1. The second-order valence-electron chi connectivity index (χ2n) is 10.1. The van der Waals surface area contributed by atoms with Gasteiger partial charge in [0.05, 0.1) is 5.92 Å². The van der Waals surface area contributed by atoms with Gasteiger partial charge in [-0.1, -0.05) is 0 Å². The molecule has 0 radical (unpaired) electrons. The monoisotopic (exact) mass is 447 g/mol. The van der Waals surface area contributed by atoms with Crippen molar-refractivity contribution in [3.8, 4) is 0 Å². The minimum atomic E-state index is -1.06. The Bertz CT molecular complexity index is 605. The molecule has 0 saturated carbocycles. The van der Waals surface area contributed by atoms with Crippen LogP contribution in [-0.2, 0) is 23.7 Å². The molecule has 1 N–H and O–H groups in total. The van der Waals surface area contributed by atoms with Crippen LogP contribution in [0.1, 0.15) is 75.2 Å². The number of carbonyl (C=O) groups is 4. The number of hydrogen-bond acceptors (Lipinski definition) is 8. The maximum absolute atomic E-state index is 11.6. The summed E-state index contributed by atoms with van der Waals surface area (Å²) in [7, 11) is 0. The molecule has 10 nitrogen and oxygen atoms in total. The number of amides is 1. The molecule has 31 heavy (non-hydrogen) atoms. The average molecular weight is 448 g/mol. The summed E-state index contributed by atoms with van der Waals surface area (Å²) in [5.41, 5.74) is -1.89. The molecule has 1 aliphatic heterocycles. The number of hydrogen-bond donors (Lipinski definition) is 1. The van der Waals surface area contributed by atoms with Crippen LogP contribution in [0.5, 0.6) is 0 Å². The Morgan fingerprint density at radius 3 is 1.35 bits per heavy atom. The van der Waals surface area contributed by atoms with Gasteiger partial charge in [-0.05, 0) is 75.2 Å². The Kier molecular flexibility index (Phi) is 10.3. The summed E-state index contributed by atoms with van der Waals surface area (Å²) in [6.45, 7) is 16.4. The van der Waals surface area contributed by atoms with Crippen LogP contribution in [0.4, 0.5) is 14.4 Å². The van der Waals surface area contributed by atoms with Gasteiger partial charge in [0.2, 0.25) is 0 Å². The number of carboxylic acids is 1. The summed E-state index contributed by atoms with van der Waals surface area (Å²) >= 11 is 0. The fourth-order valence-corrected chi connectivity index (χ4v) is 2.25. The van der Waals surface area contributed by atoms with E-state index in [1.54, 1.807) is 46.4 Å². The smallest absolute Gasteiger partial charge is 0.481 e. The second kappa shape index (κ2) is 11.2. The number of nitrogens with zero attached hydrogens (tertiary/aromatic N) is 1. The van der Waals surface area contributed by atoms with E-state index in [-0.39, 0.29) is 12.0 Å². The highest BCUT2D eigenvalue weighted by atomic mass is 16.8. The van der Waals surface area contributed by atoms with E-state index in [9.17, 15) is 19.2 Å². The first kappa shape index (κ1) is 28.5. The van der Waals surface area contributed by atoms with Gasteiger partial charge < -0.3 is 29.0 Å². The highest BCUT2D eigenvalue weighted by molar-refractivity contribution is 5.77. The standard InChI is InChI=1S/C11H19NO4.C10H18O5/c1-11(2,3)16-10(15)12-6-4-8(5-7-12)9(13)14;1-9(2,3)14-7(11)13-8(12)15-10(4,5)6/h8H,4-7H2,1-3H3,(H,13,14);1-6H3. The number of piperidine rings is 1. The maximum Gasteiger partial charge on any atom is 0.519 e. The number of carbonyl (C=O) groups excluding carboxylic acids is 3. The van der Waals surface area contributed by atoms with Gasteiger partial charge in [0.25, 0.3) is 0 Å². The Morgan fingerprint density at radius 1 is 0.710 bits per heavy atom. The molecule has 0 unspecified atom stereocenters. The SMILES string of the molecule is CC(C)(C)OC(=O)N1CCC(C(=O)O)CC1.CC(C)(C)OC(=O)OC(=O)OC(C)(C)C. The summed E-state index contributed by atoms with van der Waals surface area (Å²) in [4.78, 5) is 46.0. The summed E-state index contributed by atoms with van der Waals surface area (Å²) < 4.78 is 19.0. The van der Waals surface area contributed by atoms with E-state index in [0.717, 1.165) is 0 Å². The molecule has 10 heteroatoms. The third kappa shape index (κ3) is 15.0. The number of likely N-dealkylation sites (tertiary alicyclic amines) is 1. The maximum atomic E-state index is 11.6. The van der Waals surface area contributed by atoms with Crippen LogP contribution in [0.15, 0.2) is 0 Å². The Morgan fingerprint density at radius 2 is 1.06 bits per heavy atom. The van der Waals surface area contributed by atoms with Crippen molar-refractivity contribution >= 4 is 24.4 Å². The highest BCUT2D eigenvalue weighted by Crippen LogP contribution is 2.19. The first-order chi connectivity index (χ1) is 13.8. The molecule has 180 valence electrons. The third-order valence-electron chi connectivity index (χ3n) is 3.44. The average Bonchev–Trinajstić information content (AvgIpc) is 2.49. The van der Waals surface area contributed by atoms with E-state index in [4.69, 9.17) is 19.3 Å². The molecule has 0 aromatic heterocycles. The van der Waals surface area contributed by atoms with Crippen LogP contribution >= 0.6 is 0 Å². The molecule has 1 rings (SSSR count). The number of aliphatic carboxylic acids is 1. The van der Waals surface area contributed by atoms with Crippen molar-refractivity contribution in [3.63, 3.8) is 0 Å². The van der Waals surface area contributed by atoms with E-state index in [1.165, 1.54) is 0 Å². The van der Waals surface area contributed by atoms with Gasteiger partial charge in [0.1, 0.15) is 16.8 Å². The summed E-state index contributed by atoms with van der Waals surface area (Å²) in [6.07, 6.45) is -1.45. The van der Waals surface area contributed by atoms with E-state index in [0.29, 0.717) is 25.9 Å². The van der Waals surface area contributed by atoms with Crippen molar-refractivity contribution in [1.29, 1.82) is 0 Å². The molecule has 1 aliphatic rings. The molecule has 1 heterocycles. The molecule has 0 aromatic rings. The zero-order valence-electron chi connectivity index (χ0n) is 20.1. The first-order valence-electron chi connectivity index (χ1n) is 10.1. The van der Waals surface area contributed by atoms with Gasteiger partial charge in [-0.15, -0.1) is 0 Å². The van der Waals surface area contributed by atoms with Crippen LogP contribution in [0.25, 0.3) is 0 Å². The van der Waals surface area contributed by atoms with E-state index in [2.05, 4.69) is 4.74 Å². The van der Waals surface area contributed by atoms with Crippen LogP contribution < -0.4 is 0 Å². The molecule has 0 aromatic carbocycles. The van der Waals surface area contributed by atoms with Gasteiger partial charge in [0.15, 0.2) is 0 Å². The molecule has 0 atom stereocenters. The molecule has 0 bridgehead atoms. The fraction of sp³-hybridized carbons (Fsp3) is 0.810. The van der Waals surface area contributed by atoms with Gasteiger partial charge in [-0.25, -0.2) is 14.4 Å². The lowest BCUT2D eigenvalue weighted by Gasteiger charge is -2.32. The summed E-state index contributed by atoms with van der Waals surface area (Å²) in [5, 5.41) is 8.81. The largest absolute Gasteiger partial charge is 0.519 e. The van der Waals surface area contributed by atoms with Crippen LogP contribution in [-0.4, -0.2) is 64.3 Å². The quantitative estimate of drug-likeness (QED) is 0.348. The lowest BCUT2D eigenvalue weighted by atomic mass is 9.97. The molecule has 1 fully saturated rings. The predicted molar refractivity (Wildman–Crippen MR) is 112 cm³/mol. The van der Waals surface area contributed by atoms with Crippen molar-refractivity contribution in [2.24, 2.45) is 5.92 Å². The van der Waals surface area contributed by atoms with Crippen LogP contribution in [0.2, 0.25) is 0 Å². The number of rotatable bonds is 1. The normalized spacial score (nSPS) is 15.2. The number of carboxylic acid groups (broad SMARTS) is 1. The zero-order chi connectivity index (χ0) is 24.6. The fourth-order valence-electron chi connectivity index (χ4n) is 2.25. The third-order valence-corrected chi connectivity index (χ3v) is 3.44. The number of ether oxygens (including phenoxy) is 4. The Labute approximate surface area is 184 Å². The van der Waals surface area contributed by atoms with Crippen molar-refractivity contribution in [2.45, 2.75) is 92.0 Å². The lowest BCUT2D eigenvalue weighted by Crippen LogP contribution is -2.42. The minimum Gasteiger partial charge on any atom is -0.481 e. The lowest BCUT2D eigenvalue weighted by molar-refractivity contribution is -0.143. The molecular weight excluding hydrogens is 410 g/mol. The van der Waals surface area contributed by atoms with Crippen LogP contribution in [0, 0.1) is 5.92 Å². The molecule has 0 spiro atoms. The van der Waals surface area contributed by atoms with Crippen LogP contribution in [0.3, 0.4) is 0 Å². The van der Waals surface area contributed by atoms with Gasteiger partial charge in [-0.3, -0.25) is 4.79 Å². The summed E-state index contributed by atoms with van der Waals surface area (Å²) in [6, 6.07) is 0. The Balaban J connectivity index is 0.000000582. The van der Waals surface area contributed by atoms with Gasteiger partial charge in [0, 0.05) is 13.1 Å². The van der Waals surface area contributed by atoms with Crippen molar-refractivity contribution in [3.05, 3.63) is 0 Å². The van der Waals surface area contributed by atoms with Gasteiger partial charge in [-0.2, -0.15) is 0 Å². The predicted octanol–water partition coefficient (Wildman–Crippen LogP) is 4.59. The van der Waals surface area contributed by atoms with Gasteiger partial charge >= 0.3 is 24.4 Å². The molecule has 1 saturated heterocycles. The van der Waals surface area contributed by atoms with E-state index < -0.39 is 35.1 Å². The zero-order valence-corrected chi connectivity index (χ0v) is 20.1. The van der Waals surface area contributed by atoms with Crippen molar-refractivity contribution < 1.29 is 43.2 Å². The molecule has 1 amide bonds. The van der Waals surface area contributed by atoms with Crippen molar-refractivity contribution in [1.82, 2.24) is 4.90 Å². The molecular formula is C21H37NO9. The first-order valence-corrected chi connectivity index (χ1v) is 10.1. The minimum absolute atomic E-state index is 0.321. The van der Waals surface area contributed by atoms with E-state index >= 15 is 0 Å². The molecule has 0 aliphatic carbocycles. The summed E-state index contributed by atoms with van der Waals surface area (Å²) in [5.74, 6) is -1.09. The van der Waals surface area contributed by atoms with E-state index in [1.807, 2.05) is 20.8 Å². The van der Waals surface area contributed by atoms with Crippen molar-refractivity contribution in [2.75, 3.05) is 13.1 Å². The highest BCUT2D eigenvalue weighted by Gasteiger charge is 2.29. The Hall–Kier alpha value is -2.52. The topological polar surface area (TPSA) is 129 Å².